The summed E-state index contributed by atoms with van der Waals surface area (Å²) in [6.07, 6.45) is 1.51. The lowest BCUT2D eigenvalue weighted by molar-refractivity contribution is -0.107. The van der Waals surface area contributed by atoms with Gasteiger partial charge in [0.2, 0.25) is 0 Å². The average Bonchev–Trinajstić information content (AvgIpc) is 1.72. The first-order valence-electron chi connectivity index (χ1n) is 1.73. The fraction of sp³-hybridized carbons (Fsp3) is 0.667. The van der Waals surface area contributed by atoms with Crippen LogP contribution in [0.4, 0.5) is 0 Å². The average molecular weight is 123 g/mol. The zero-order valence-corrected chi connectivity index (χ0v) is 6.83. The Bertz CT molecular complexity index is 24.8. The van der Waals surface area contributed by atoms with Crippen molar-refractivity contribution in [3.05, 3.63) is 0 Å². The number of hydrogen-bond acceptors (Lipinski definition) is 1. The van der Waals surface area contributed by atoms with Crippen molar-refractivity contribution in [1.29, 1.82) is 0 Å². The van der Waals surface area contributed by atoms with E-state index in [0.29, 0.717) is 6.42 Å². The SMILES string of the molecule is CCC=O.[AlH2][Cl]. The van der Waals surface area contributed by atoms with Crippen LogP contribution in [-0.4, -0.2) is 21.7 Å². The Morgan fingerprint density at radius 3 is 2.00 bits per heavy atom. The van der Waals surface area contributed by atoms with Gasteiger partial charge in [0, 0.05) is 6.42 Å². The zero-order valence-electron chi connectivity index (χ0n) is 4.07. The largest absolute Gasteiger partial charge is 0.353 e. The highest BCUT2D eigenvalue weighted by atomic mass is 35.6. The zero-order chi connectivity index (χ0) is 5.41. The summed E-state index contributed by atoms with van der Waals surface area (Å²) in [5.41, 5.74) is 0. The Morgan fingerprint density at radius 1 is 1.83 bits per heavy atom. The molecular weight excluding hydrogens is 114 g/mol. The standard InChI is InChI=1S/C3H6O.Al.ClH.2H/c1-2-3-4;;;;/h3H,2H2,1H3;;1H;;/q;+1;;;/p-1. The van der Waals surface area contributed by atoms with Gasteiger partial charge < -0.3 is 4.79 Å². The minimum atomic E-state index is 0.639. The van der Waals surface area contributed by atoms with Gasteiger partial charge in [0.1, 0.15) is 6.29 Å². The fourth-order valence-electron chi connectivity index (χ4n) is 0. The molecule has 0 aliphatic rings. The Balaban J connectivity index is 0. The molecule has 0 aromatic heterocycles. The molecule has 0 aromatic carbocycles. The summed E-state index contributed by atoms with van der Waals surface area (Å²) < 4.78 is 0. The van der Waals surface area contributed by atoms with Crippen LogP contribution >= 0.6 is 10.0 Å². The van der Waals surface area contributed by atoms with E-state index in [1.807, 2.05) is 6.92 Å². The molecule has 0 rings (SSSR count). The van der Waals surface area contributed by atoms with Gasteiger partial charge in [-0.1, -0.05) is 6.92 Å². The van der Waals surface area contributed by atoms with Gasteiger partial charge in [0.25, 0.3) is 0 Å². The Labute approximate surface area is 50.3 Å². The Kier molecular flexibility index (Phi) is 28.9. The molecule has 0 fully saturated rings. The van der Waals surface area contributed by atoms with Crippen molar-refractivity contribution in [3.8, 4) is 0 Å². The van der Waals surface area contributed by atoms with Crippen molar-refractivity contribution in [1.82, 2.24) is 0 Å². The molecule has 0 spiro atoms. The van der Waals surface area contributed by atoms with Crippen LogP contribution in [-0.2, 0) is 4.79 Å². The van der Waals surface area contributed by atoms with Crippen LogP contribution in [0.3, 0.4) is 0 Å². The topological polar surface area (TPSA) is 17.1 Å². The second kappa shape index (κ2) is 17.8. The van der Waals surface area contributed by atoms with Crippen LogP contribution in [0.2, 0.25) is 0 Å². The summed E-state index contributed by atoms with van der Waals surface area (Å²) in [7, 11) is 4.78. The van der Waals surface area contributed by atoms with Gasteiger partial charge in [-0.3, -0.25) is 10.0 Å². The maximum atomic E-state index is 9.17. The molecule has 0 aromatic rings. The highest BCUT2D eigenvalue weighted by Gasteiger charge is 1.52. The molecule has 0 aliphatic carbocycles. The molecule has 1 nitrogen and oxygen atoms in total. The summed E-state index contributed by atoms with van der Waals surface area (Å²) in [5, 5.41) is 0. The van der Waals surface area contributed by atoms with Gasteiger partial charge in [-0.2, -0.15) is 0 Å². The molecule has 6 heavy (non-hydrogen) atoms. The normalized spacial score (nSPS) is 5.00. The number of rotatable bonds is 1. The minimum Gasteiger partial charge on any atom is -0.303 e. The first-order valence-corrected chi connectivity index (χ1v) is 4.75. The molecule has 0 radical (unpaired) electrons. The summed E-state index contributed by atoms with van der Waals surface area (Å²) in [6, 6.07) is 0. The van der Waals surface area contributed by atoms with Crippen LogP contribution in [0.15, 0.2) is 0 Å². The molecule has 0 saturated carbocycles. The monoisotopic (exact) mass is 122 g/mol. The van der Waals surface area contributed by atoms with E-state index >= 15 is 0 Å². The van der Waals surface area contributed by atoms with E-state index in [4.69, 9.17) is 10.0 Å². The predicted octanol–water partition coefficient (Wildman–Crippen LogP) is 0.369. The van der Waals surface area contributed by atoms with Crippen molar-refractivity contribution < 1.29 is 4.79 Å². The Morgan fingerprint density at radius 2 is 2.00 bits per heavy atom. The molecule has 0 heterocycles. The van der Waals surface area contributed by atoms with Crippen molar-refractivity contribution in [2.45, 2.75) is 13.3 Å². The van der Waals surface area contributed by atoms with Gasteiger partial charge in [-0.05, 0) is 0 Å². The van der Waals surface area contributed by atoms with Crippen molar-refractivity contribution in [3.63, 3.8) is 0 Å². The molecule has 3 heteroatoms. The smallest absolute Gasteiger partial charge is 0.303 e. The van der Waals surface area contributed by atoms with Crippen molar-refractivity contribution in [2.24, 2.45) is 0 Å². The molecule has 0 saturated heterocycles. The third kappa shape index (κ3) is 24.6. The van der Waals surface area contributed by atoms with Gasteiger partial charge in [-0.25, -0.2) is 0 Å². The van der Waals surface area contributed by atoms with Crippen LogP contribution < -0.4 is 0 Å². The molecule has 0 aliphatic heterocycles. The van der Waals surface area contributed by atoms with Gasteiger partial charge in [0.05, 0.1) is 0 Å². The summed E-state index contributed by atoms with van der Waals surface area (Å²) in [6.45, 7) is 1.81. The van der Waals surface area contributed by atoms with Gasteiger partial charge in [0.15, 0.2) is 0 Å². The number of aldehydes is 1. The van der Waals surface area contributed by atoms with E-state index < -0.39 is 0 Å². The molecule has 0 N–H and O–H groups in total. The third-order valence-electron chi connectivity index (χ3n) is 0.167. The fourth-order valence-corrected chi connectivity index (χ4v) is 0. The summed E-state index contributed by atoms with van der Waals surface area (Å²) >= 11 is 0.778. The van der Waals surface area contributed by atoms with E-state index in [1.165, 1.54) is 0 Å². The third-order valence-corrected chi connectivity index (χ3v) is 0.167. The maximum absolute atomic E-state index is 9.17. The van der Waals surface area contributed by atoms with Gasteiger partial charge >= 0.3 is 15.4 Å². The van der Waals surface area contributed by atoms with Crippen LogP contribution in [0.25, 0.3) is 0 Å². The van der Waals surface area contributed by atoms with Crippen LogP contribution in [0.1, 0.15) is 13.3 Å². The lowest BCUT2D eigenvalue weighted by atomic mass is 10.6. The van der Waals surface area contributed by atoms with Crippen molar-refractivity contribution in [2.75, 3.05) is 0 Å². The van der Waals surface area contributed by atoms with Gasteiger partial charge in [-0.15, -0.1) is 0 Å². The first-order chi connectivity index (χ1) is 2.91. The van der Waals surface area contributed by atoms with E-state index in [-0.39, 0.29) is 0 Å². The minimum absolute atomic E-state index is 0.639. The number of carbonyl (C=O) groups is 1. The second-order valence-electron chi connectivity index (χ2n) is 0.575. The maximum Gasteiger partial charge on any atom is 0.353 e. The molecule has 36 valence electrons. The molecule has 0 atom stereocenters. The van der Waals surface area contributed by atoms with Crippen LogP contribution in [0.5, 0.6) is 0 Å². The van der Waals surface area contributed by atoms with Crippen molar-refractivity contribution >= 4 is 31.7 Å². The van der Waals surface area contributed by atoms with E-state index in [9.17, 15) is 4.79 Å². The summed E-state index contributed by atoms with van der Waals surface area (Å²) in [4.78, 5) is 9.17. The number of halogens is 1. The first kappa shape index (κ1) is 9.70. The van der Waals surface area contributed by atoms with E-state index in [0.717, 1.165) is 21.7 Å². The highest BCUT2D eigenvalue weighted by Crippen LogP contribution is 1.53. The number of hydrogen-bond donors (Lipinski definition) is 0. The second-order valence-corrected chi connectivity index (χ2v) is 0.575. The molecular formula is C3H8AlClO. The summed E-state index contributed by atoms with van der Waals surface area (Å²) in [5.74, 6) is 0. The van der Waals surface area contributed by atoms with E-state index in [2.05, 4.69) is 0 Å². The molecule has 0 amide bonds. The highest BCUT2D eigenvalue weighted by molar-refractivity contribution is 6.80. The quantitative estimate of drug-likeness (QED) is 0.363. The predicted molar refractivity (Wildman–Crippen MR) is 30.8 cm³/mol. The number of carbonyl (C=O) groups excluding carboxylic acids is 1. The van der Waals surface area contributed by atoms with Crippen LogP contribution in [0, 0.1) is 0 Å². The Hall–Kier alpha value is 0.492. The lowest BCUT2D eigenvalue weighted by Gasteiger charge is -1.51. The molecule has 0 bridgehead atoms. The lowest BCUT2D eigenvalue weighted by Crippen LogP contribution is -1.55. The van der Waals surface area contributed by atoms with E-state index in [1.54, 1.807) is 0 Å². The molecule has 0 unspecified atom stereocenters.